The van der Waals surface area contributed by atoms with Crippen molar-refractivity contribution in [3.8, 4) is 0 Å². The molecule has 88 valence electrons. The Labute approximate surface area is 90.3 Å². The molecule has 0 saturated heterocycles. The first-order valence-corrected chi connectivity index (χ1v) is 5.00. The Bertz CT molecular complexity index is 206. The van der Waals surface area contributed by atoms with Crippen LogP contribution in [0.2, 0.25) is 0 Å². The van der Waals surface area contributed by atoms with Gasteiger partial charge < -0.3 is 9.47 Å². The Morgan fingerprint density at radius 2 is 1.67 bits per heavy atom. The van der Waals surface area contributed by atoms with Gasteiger partial charge in [-0.1, -0.05) is 6.92 Å². The van der Waals surface area contributed by atoms with Crippen LogP contribution in [-0.2, 0) is 19.1 Å². The molecule has 0 rings (SSSR count). The molecular formula is C10H19NO4. The van der Waals surface area contributed by atoms with Crippen LogP contribution in [0.1, 0.15) is 19.8 Å². The lowest BCUT2D eigenvalue weighted by molar-refractivity contribution is -0.144. The van der Waals surface area contributed by atoms with E-state index in [0.29, 0.717) is 13.0 Å². The molecule has 0 unspecified atom stereocenters. The largest absolute Gasteiger partial charge is 0.469 e. The molecule has 0 fully saturated rings. The van der Waals surface area contributed by atoms with Gasteiger partial charge in [0.15, 0.2) is 0 Å². The van der Waals surface area contributed by atoms with Gasteiger partial charge in [0.1, 0.15) is 0 Å². The molecule has 0 heterocycles. The van der Waals surface area contributed by atoms with Crippen molar-refractivity contribution in [2.75, 3.05) is 33.9 Å². The van der Waals surface area contributed by atoms with Crippen LogP contribution in [0, 0.1) is 0 Å². The second kappa shape index (κ2) is 8.23. The Morgan fingerprint density at radius 1 is 1.07 bits per heavy atom. The van der Waals surface area contributed by atoms with E-state index in [1.807, 2.05) is 11.8 Å². The van der Waals surface area contributed by atoms with Crippen LogP contribution in [0.3, 0.4) is 0 Å². The van der Waals surface area contributed by atoms with Gasteiger partial charge in [-0.25, -0.2) is 0 Å². The van der Waals surface area contributed by atoms with Crippen LogP contribution >= 0.6 is 0 Å². The van der Waals surface area contributed by atoms with Crippen LogP contribution in [-0.4, -0.2) is 50.7 Å². The molecule has 0 spiro atoms. The molecule has 5 nitrogen and oxygen atoms in total. The maximum Gasteiger partial charge on any atom is 0.319 e. The zero-order chi connectivity index (χ0) is 11.7. The third kappa shape index (κ3) is 6.90. The molecule has 0 saturated carbocycles. The van der Waals surface area contributed by atoms with E-state index in [-0.39, 0.29) is 18.5 Å². The summed E-state index contributed by atoms with van der Waals surface area (Å²) in [7, 11) is 2.71. The number of hydrogen-bond acceptors (Lipinski definition) is 5. The molecule has 5 heteroatoms. The Morgan fingerprint density at radius 3 is 2.13 bits per heavy atom. The van der Waals surface area contributed by atoms with Gasteiger partial charge in [0.05, 0.1) is 27.2 Å². The quantitative estimate of drug-likeness (QED) is 0.579. The zero-order valence-corrected chi connectivity index (χ0v) is 9.62. The summed E-state index contributed by atoms with van der Waals surface area (Å²) in [5, 5.41) is 0. The summed E-state index contributed by atoms with van der Waals surface area (Å²) in [5.74, 6) is -0.547. The summed E-state index contributed by atoms with van der Waals surface area (Å²) < 4.78 is 9.09. The van der Waals surface area contributed by atoms with Crippen LogP contribution < -0.4 is 0 Å². The first-order valence-electron chi connectivity index (χ1n) is 5.00. The van der Waals surface area contributed by atoms with Gasteiger partial charge >= 0.3 is 11.9 Å². The molecule has 0 aliphatic rings. The standard InChI is InChI=1S/C10H19NO4/c1-4-6-11(8-10(13)15-3)7-5-9(12)14-2/h4-8H2,1-3H3. The number of ether oxygens (including phenoxy) is 2. The number of methoxy groups -OCH3 is 2. The van der Waals surface area contributed by atoms with Crippen LogP contribution in [0.4, 0.5) is 0 Å². The van der Waals surface area contributed by atoms with Crippen molar-refractivity contribution < 1.29 is 19.1 Å². The molecule has 0 amide bonds. The van der Waals surface area contributed by atoms with Crippen molar-refractivity contribution in [1.82, 2.24) is 4.90 Å². The van der Waals surface area contributed by atoms with E-state index < -0.39 is 0 Å². The molecule has 0 aliphatic carbocycles. The Balaban J connectivity index is 3.92. The van der Waals surface area contributed by atoms with Crippen molar-refractivity contribution >= 4 is 11.9 Å². The van der Waals surface area contributed by atoms with Crippen molar-refractivity contribution in [1.29, 1.82) is 0 Å². The molecule has 0 atom stereocenters. The SMILES string of the molecule is CCCN(CCC(=O)OC)CC(=O)OC. The zero-order valence-electron chi connectivity index (χ0n) is 9.62. The number of rotatable bonds is 7. The molecule has 15 heavy (non-hydrogen) atoms. The third-order valence-corrected chi connectivity index (χ3v) is 1.98. The van der Waals surface area contributed by atoms with Gasteiger partial charge in [0.2, 0.25) is 0 Å². The Kier molecular flexibility index (Phi) is 7.62. The minimum atomic E-state index is -0.284. The van der Waals surface area contributed by atoms with Crippen molar-refractivity contribution in [2.24, 2.45) is 0 Å². The minimum absolute atomic E-state index is 0.224. The highest BCUT2D eigenvalue weighted by Crippen LogP contribution is 1.96. The summed E-state index contributed by atoms with van der Waals surface area (Å²) in [4.78, 5) is 23.8. The fourth-order valence-corrected chi connectivity index (χ4v) is 1.18. The minimum Gasteiger partial charge on any atom is -0.469 e. The van der Waals surface area contributed by atoms with Gasteiger partial charge in [-0.15, -0.1) is 0 Å². The number of nitrogens with zero attached hydrogens (tertiary/aromatic N) is 1. The van der Waals surface area contributed by atoms with Gasteiger partial charge in [0.25, 0.3) is 0 Å². The van der Waals surface area contributed by atoms with E-state index in [1.54, 1.807) is 0 Å². The van der Waals surface area contributed by atoms with E-state index in [0.717, 1.165) is 13.0 Å². The molecule has 0 N–H and O–H groups in total. The molecule has 0 bridgehead atoms. The van der Waals surface area contributed by atoms with Crippen LogP contribution in [0.15, 0.2) is 0 Å². The van der Waals surface area contributed by atoms with E-state index in [9.17, 15) is 9.59 Å². The highest BCUT2D eigenvalue weighted by atomic mass is 16.5. The van der Waals surface area contributed by atoms with Crippen molar-refractivity contribution in [3.63, 3.8) is 0 Å². The number of esters is 2. The maximum atomic E-state index is 11.0. The normalized spacial score (nSPS) is 10.1. The summed E-state index contributed by atoms with van der Waals surface area (Å²) in [6, 6.07) is 0. The first-order chi connectivity index (χ1) is 7.13. The third-order valence-electron chi connectivity index (χ3n) is 1.98. The summed E-state index contributed by atoms with van der Waals surface area (Å²) in [6.45, 7) is 3.53. The van der Waals surface area contributed by atoms with Crippen LogP contribution in [0.25, 0.3) is 0 Å². The van der Waals surface area contributed by atoms with Crippen molar-refractivity contribution in [2.45, 2.75) is 19.8 Å². The van der Waals surface area contributed by atoms with Crippen molar-refractivity contribution in [3.05, 3.63) is 0 Å². The van der Waals surface area contributed by atoms with E-state index >= 15 is 0 Å². The fourth-order valence-electron chi connectivity index (χ4n) is 1.18. The van der Waals surface area contributed by atoms with Gasteiger partial charge in [-0.05, 0) is 13.0 Å². The topological polar surface area (TPSA) is 55.8 Å². The highest BCUT2D eigenvalue weighted by Gasteiger charge is 2.11. The average molecular weight is 217 g/mol. The second-order valence-corrected chi connectivity index (χ2v) is 3.18. The van der Waals surface area contributed by atoms with Gasteiger partial charge in [0, 0.05) is 6.54 Å². The smallest absolute Gasteiger partial charge is 0.319 e. The lowest BCUT2D eigenvalue weighted by Crippen LogP contribution is -2.33. The molecule has 0 aromatic carbocycles. The van der Waals surface area contributed by atoms with E-state index in [2.05, 4.69) is 9.47 Å². The van der Waals surface area contributed by atoms with Gasteiger partial charge in [-0.2, -0.15) is 0 Å². The summed E-state index contributed by atoms with van der Waals surface area (Å²) >= 11 is 0. The average Bonchev–Trinajstić information content (AvgIpc) is 2.25. The van der Waals surface area contributed by atoms with Gasteiger partial charge in [-0.3, -0.25) is 14.5 Å². The number of carbonyl (C=O) groups excluding carboxylic acids is 2. The van der Waals surface area contributed by atoms with E-state index in [1.165, 1.54) is 14.2 Å². The molecule has 0 aromatic rings. The lowest BCUT2D eigenvalue weighted by atomic mass is 10.3. The molecular weight excluding hydrogens is 198 g/mol. The highest BCUT2D eigenvalue weighted by molar-refractivity contribution is 5.72. The van der Waals surface area contributed by atoms with E-state index in [4.69, 9.17) is 0 Å². The molecule has 0 radical (unpaired) electrons. The maximum absolute atomic E-state index is 11.0. The fraction of sp³-hybridized carbons (Fsp3) is 0.800. The summed E-state index contributed by atoms with van der Waals surface area (Å²) in [5.41, 5.74) is 0. The first kappa shape index (κ1) is 13.9. The Hall–Kier alpha value is -1.10. The van der Waals surface area contributed by atoms with Crippen LogP contribution in [0.5, 0.6) is 0 Å². The predicted molar refractivity (Wildman–Crippen MR) is 55.4 cm³/mol. The molecule has 0 aliphatic heterocycles. The number of hydrogen-bond donors (Lipinski definition) is 0. The monoisotopic (exact) mass is 217 g/mol. The molecule has 0 aromatic heterocycles. The predicted octanol–water partition coefficient (Wildman–Crippen LogP) is 0.434. The summed E-state index contributed by atoms with van der Waals surface area (Å²) in [6.07, 6.45) is 1.23. The second-order valence-electron chi connectivity index (χ2n) is 3.18. The lowest BCUT2D eigenvalue weighted by Gasteiger charge is -2.19. The number of carbonyl (C=O) groups is 2.